The summed E-state index contributed by atoms with van der Waals surface area (Å²) in [5, 5.41) is 3.53. The molecule has 2 aliphatic carbocycles. The van der Waals surface area contributed by atoms with Crippen LogP contribution in [0.2, 0.25) is 42.3 Å². The van der Waals surface area contributed by atoms with Crippen molar-refractivity contribution < 1.29 is 6.51 Å². The molecule has 10 atom stereocenters. The van der Waals surface area contributed by atoms with E-state index in [4.69, 9.17) is 5.73 Å². The van der Waals surface area contributed by atoms with Gasteiger partial charge in [0.05, 0.1) is 0 Å². The van der Waals surface area contributed by atoms with Crippen LogP contribution in [0.5, 0.6) is 0 Å². The van der Waals surface area contributed by atoms with Gasteiger partial charge in [0.1, 0.15) is 0 Å². The maximum absolute atomic E-state index is 7.21. The Morgan fingerprint density at radius 3 is 1.63 bits per heavy atom. The van der Waals surface area contributed by atoms with Gasteiger partial charge < -0.3 is 0 Å². The minimum atomic E-state index is -3.99. The molecule has 2 aromatic carbocycles. The number of hydrogen-bond donors (Lipinski definition) is 1. The van der Waals surface area contributed by atoms with Crippen LogP contribution >= 0.6 is 15.8 Å². The molecule has 2 saturated carbocycles. The van der Waals surface area contributed by atoms with E-state index in [0.717, 1.165) is 36.2 Å². The average molecular weight is 624 g/mol. The molecule has 2 aromatic rings. The van der Waals surface area contributed by atoms with Crippen LogP contribution in [0, 0.1) is 0 Å². The van der Waals surface area contributed by atoms with E-state index < -0.39 is 6.51 Å². The molecular weight excluding hydrogens is 576 g/mol. The van der Waals surface area contributed by atoms with Gasteiger partial charge in [0.2, 0.25) is 0 Å². The Hall–Kier alpha value is -0.221. The van der Waals surface area contributed by atoms with Crippen molar-refractivity contribution in [2.75, 3.05) is 6.54 Å². The molecule has 2 N–H and O–H groups in total. The molecule has 1 spiro atoms. The molecule has 10 aliphatic heterocycles. The molecule has 0 bridgehead atoms. The molecule has 218 valence electrons. The van der Waals surface area contributed by atoms with Crippen molar-refractivity contribution in [2.24, 2.45) is 5.73 Å². The summed E-state index contributed by atoms with van der Waals surface area (Å²) >= 11 is 0. The zero-order valence-electron chi connectivity index (χ0n) is 24.7. The van der Waals surface area contributed by atoms with E-state index in [-0.39, 0.29) is 15.8 Å². The second kappa shape index (κ2) is 3.78. The first kappa shape index (κ1) is 22.3. The number of rotatable bonds is 8. The van der Waals surface area contributed by atoms with E-state index >= 15 is 0 Å². The van der Waals surface area contributed by atoms with Gasteiger partial charge in [-0.3, -0.25) is 0 Å². The van der Waals surface area contributed by atoms with Crippen molar-refractivity contribution in [1.29, 1.82) is 0 Å². The number of nitrogens with two attached hydrogens (primary N) is 1. The van der Waals surface area contributed by atoms with Crippen LogP contribution in [0.15, 0.2) is 60.7 Å². The van der Waals surface area contributed by atoms with Crippen LogP contribution in [0.3, 0.4) is 0 Å². The van der Waals surface area contributed by atoms with Crippen LogP contribution < -0.4 is 16.3 Å². The molecule has 12 aliphatic rings. The minimum absolute atomic E-state index is 0.118. The Balaban J connectivity index is 1.07. The Labute approximate surface area is 239 Å². The number of hydrogen-bond acceptors (Lipinski definition) is 1. The van der Waals surface area contributed by atoms with E-state index in [2.05, 4.69) is 67.6 Å². The van der Waals surface area contributed by atoms with Crippen molar-refractivity contribution in [3.63, 3.8) is 0 Å². The van der Waals surface area contributed by atoms with E-state index in [1.165, 1.54) is 72.2 Å². The van der Waals surface area contributed by atoms with Crippen LogP contribution in [0.25, 0.3) is 0 Å². The van der Waals surface area contributed by atoms with Gasteiger partial charge in [0.15, 0.2) is 0 Å². The van der Waals surface area contributed by atoms with Crippen LogP contribution in [0.1, 0.15) is 71.1 Å². The molecule has 0 amide bonds. The van der Waals surface area contributed by atoms with Crippen molar-refractivity contribution >= 4 is 26.5 Å². The number of fused-ring (bicyclic) bond motifs is 10. The van der Waals surface area contributed by atoms with E-state index in [9.17, 15) is 0 Å². The molecule has 0 radical (unpaired) electrons. The van der Waals surface area contributed by atoms with Crippen molar-refractivity contribution in [1.82, 2.24) is 0 Å². The third kappa shape index (κ3) is 0.603. The van der Waals surface area contributed by atoms with Crippen molar-refractivity contribution in [3.05, 3.63) is 60.7 Å². The summed E-state index contributed by atoms with van der Waals surface area (Å²) in [6.45, 7) is 0.138. The van der Waals surface area contributed by atoms with Gasteiger partial charge in [0.25, 0.3) is 0 Å². The SMILES string of the molecule is CC(P(C1CCCCC1)C1CCCCC1)[C@@]12[CH]3[CH]4[CH]5[C]1(P(c1ccccc1)c1ccccc1)[Fe]45321678[CH]2[CH]1[CH]6[C]7(CN)[CH]28. The molecule has 4 heteroatoms. The third-order valence-corrected chi connectivity index (χ3v) is 78.5. The van der Waals surface area contributed by atoms with E-state index in [0.29, 0.717) is 0 Å². The standard InChI is InChI=1S/C31H39P2.C6H8N.Fe/c1-25(32(26-15-6-2-7-16-26)27-17-8-3-9-18-27)30-23-14-24-31(30)33(28-19-10-4-11-20-28)29-21-12-5-13-22-29;7-5-6-3-1-2-4-6;/h4-5,10-14,19-27H,2-3,6-9,15-18H2,1H3;1-4H,5,7H2;. The molecule has 10 heterocycles. The summed E-state index contributed by atoms with van der Waals surface area (Å²) in [4.78, 5) is 8.92. The topological polar surface area (TPSA) is 26.0 Å². The molecule has 9 unspecified atom stereocenters. The monoisotopic (exact) mass is 623 g/mol. The van der Waals surface area contributed by atoms with Gasteiger partial charge in [-0.2, -0.15) is 0 Å². The molecule has 1 nitrogen and oxygen atoms in total. The van der Waals surface area contributed by atoms with Crippen molar-refractivity contribution in [3.8, 4) is 0 Å². The molecule has 41 heavy (non-hydrogen) atoms. The van der Waals surface area contributed by atoms with Gasteiger partial charge in [-0.25, -0.2) is 0 Å². The molecule has 12 fully saturated rings. The van der Waals surface area contributed by atoms with Gasteiger partial charge >= 0.3 is 240 Å². The normalized spacial score (nSPS) is 66.4. The van der Waals surface area contributed by atoms with Crippen LogP contribution in [-0.4, -0.2) is 27.6 Å². The Morgan fingerprint density at radius 2 is 1.22 bits per heavy atom. The second-order valence-electron chi connectivity index (χ2n) is 18.9. The van der Waals surface area contributed by atoms with Gasteiger partial charge in [-0.15, -0.1) is 0 Å². The first-order valence-electron chi connectivity index (χ1n) is 17.6. The van der Waals surface area contributed by atoms with E-state index in [1.807, 2.05) is 0 Å². The summed E-state index contributed by atoms with van der Waals surface area (Å²) in [5.74, 6) is 0. The van der Waals surface area contributed by atoms with Crippen molar-refractivity contribution in [2.45, 2.75) is 135 Å². The predicted octanol–water partition coefficient (Wildman–Crippen LogP) is 9.65. The first-order valence-corrected chi connectivity index (χ1v) is 26.6. The summed E-state index contributed by atoms with van der Waals surface area (Å²) in [6.07, 6.45) is 15.5. The molecule has 0 aromatic heterocycles. The molecule has 10 saturated heterocycles. The van der Waals surface area contributed by atoms with Gasteiger partial charge in [0, 0.05) is 0 Å². The molecular formula is C37H47FeNP2. The number of benzene rings is 2. The van der Waals surface area contributed by atoms with Gasteiger partial charge in [-0.05, 0) is 0 Å². The summed E-state index contributed by atoms with van der Waals surface area (Å²) in [7, 11) is -0.173. The quantitative estimate of drug-likeness (QED) is 0.230. The fourth-order valence-electron chi connectivity index (χ4n) is 25.4. The van der Waals surface area contributed by atoms with Gasteiger partial charge in [-0.1, -0.05) is 0 Å². The average Bonchev–Trinajstić information content (AvgIpc) is 3.99. The third-order valence-electron chi connectivity index (χ3n) is 23.0. The second-order valence-corrected chi connectivity index (χ2v) is 47.9. The maximum atomic E-state index is 7.21. The summed E-state index contributed by atoms with van der Waals surface area (Å²) in [5.41, 5.74) is 10.5. The Morgan fingerprint density at radius 1 is 0.707 bits per heavy atom. The fourth-order valence-corrected chi connectivity index (χ4v) is 127. The first-order chi connectivity index (χ1) is 20.0. The van der Waals surface area contributed by atoms with Crippen LogP contribution in [0.4, 0.5) is 0 Å². The fraction of sp³-hybridized carbons (Fsp3) is 0.676. The Kier molecular flexibility index (Phi) is 2.06. The molecule has 14 rings (SSSR count). The predicted molar refractivity (Wildman–Crippen MR) is 173 cm³/mol. The zero-order chi connectivity index (χ0) is 26.7. The van der Waals surface area contributed by atoms with E-state index in [1.54, 1.807) is 36.3 Å². The summed E-state index contributed by atoms with van der Waals surface area (Å²) < 4.78 is 2.39. The Bertz CT molecular complexity index is 1950. The summed E-state index contributed by atoms with van der Waals surface area (Å²) in [6, 6.07) is 24.5. The van der Waals surface area contributed by atoms with Crippen LogP contribution in [-0.2, 0) is 6.51 Å². The zero-order valence-corrected chi connectivity index (χ0v) is 27.5.